The highest BCUT2D eigenvalue weighted by Gasteiger charge is 2.10. The summed E-state index contributed by atoms with van der Waals surface area (Å²) in [7, 11) is 4.00. The molecule has 0 amide bonds. The summed E-state index contributed by atoms with van der Waals surface area (Å²) in [5.41, 5.74) is 1.10. The molecule has 3 heteroatoms. The van der Waals surface area contributed by atoms with Gasteiger partial charge in [-0.2, -0.15) is 0 Å². The molecule has 0 bridgehead atoms. The number of anilines is 2. The predicted molar refractivity (Wildman–Crippen MR) is 71.1 cm³/mol. The first-order valence-corrected chi connectivity index (χ1v) is 5.94. The van der Waals surface area contributed by atoms with E-state index in [2.05, 4.69) is 37.1 Å². The fourth-order valence-corrected chi connectivity index (χ4v) is 1.69. The second kappa shape index (κ2) is 5.73. The standard InChI is InChI=1S/C13H23N3/c1-6-12(10(2)3)15-11-7-8-13(14-9-11)16(4)5/h7-10,12,15H,6H2,1-5H3. The van der Waals surface area contributed by atoms with Gasteiger partial charge in [0.15, 0.2) is 0 Å². The van der Waals surface area contributed by atoms with Crippen molar-refractivity contribution in [3.8, 4) is 0 Å². The van der Waals surface area contributed by atoms with Gasteiger partial charge in [0.25, 0.3) is 0 Å². The molecule has 0 spiro atoms. The summed E-state index contributed by atoms with van der Waals surface area (Å²) >= 11 is 0. The van der Waals surface area contributed by atoms with Crippen molar-refractivity contribution in [2.45, 2.75) is 33.2 Å². The van der Waals surface area contributed by atoms with Crippen molar-refractivity contribution < 1.29 is 0 Å². The molecule has 1 heterocycles. The van der Waals surface area contributed by atoms with Gasteiger partial charge in [-0.3, -0.25) is 0 Å². The van der Waals surface area contributed by atoms with Crippen molar-refractivity contribution in [2.75, 3.05) is 24.3 Å². The van der Waals surface area contributed by atoms with Crippen LogP contribution in [0.3, 0.4) is 0 Å². The zero-order valence-corrected chi connectivity index (χ0v) is 11.0. The first kappa shape index (κ1) is 12.8. The van der Waals surface area contributed by atoms with E-state index in [4.69, 9.17) is 0 Å². The highest BCUT2D eigenvalue weighted by molar-refractivity contribution is 5.48. The van der Waals surface area contributed by atoms with Crippen LogP contribution in [0.1, 0.15) is 27.2 Å². The van der Waals surface area contributed by atoms with Crippen molar-refractivity contribution in [1.82, 2.24) is 4.98 Å². The van der Waals surface area contributed by atoms with Crippen LogP contribution in [0.25, 0.3) is 0 Å². The number of nitrogens with zero attached hydrogens (tertiary/aromatic N) is 2. The van der Waals surface area contributed by atoms with Crippen LogP contribution in [0.2, 0.25) is 0 Å². The molecule has 0 aromatic carbocycles. The van der Waals surface area contributed by atoms with E-state index in [0.29, 0.717) is 12.0 Å². The average molecular weight is 221 g/mol. The first-order chi connectivity index (χ1) is 7.54. The van der Waals surface area contributed by atoms with E-state index in [1.807, 2.05) is 31.3 Å². The van der Waals surface area contributed by atoms with Crippen LogP contribution >= 0.6 is 0 Å². The molecular weight excluding hydrogens is 198 g/mol. The Morgan fingerprint density at radius 1 is 1.31 bits per heavy atom. The van der Waals surface area contributed by atoms with Gasteiger partial charge in [-0.05, 0) is 24.5 Å². The van der Waals surface area contributed by atoms with Gasteiger partial charge in [-0.15, -0.1) is 0 Å². The molecule has 1 N–H and O–H groups in total. The Morgan fingerprint density at radius 3 is 2.38 bits per heavy atom. The quantitative estimate of drug-likeness (QED) is 0.828. The molecule has 0 radical (unpaired) electrons. The van der Waals surface area contributed by atoms with Crippen molar-refractivity contribution in [1.29, 1.82) is 0 Å². The van der Waals surface area contributed by atoms with Crippen LogP contribution in [0.5, 0.6) is 0 Å². The van der Waals surface area contributed by atoms with Crippen LogP contribution in [-0.4, -0.2) is 25.1 Å². The van der Waals surface area contributed by atoms with Gasteiger partial charge < -0.3 is 10.2 Å². The molecule has 16 heavy (non-hydrogen) atoms. The fraction of sp³-hybridized carbons (Fsp3) is 0.615. The van der Waals surface area contributed by atoms with Gasteiger partial charge in [0, 0.05) is 20.1 Å². The highest BCUT2D eigenvalue weighted by atomic mass is 15.1. The second-order valence-electron chi connectivity index (χ2n) is 4.70. The Kier molecular flexibility index (Phi) is 4.59. The molecular formula is C13H23N3. The molecule has 0 saturated heterocycles. The van der Waals surface area contributed by atoms with Gasteiger partial charge in [-0.25, -0.2) is 4.98 Å². The molecule has 1 atom stereocenters. The molecule has 3 nitrogen and oxygen atoms in total. The molecule has 1 aromatic heterocycles. The summed E-state index contributed by atoms with van der Waals surface area (Å²) in [6, 6.07) is 4.65. The maximum Gasteiger partial charge on any atom is 0.128 e. The SMILES string of the molecule is CCC(Nc1ccc(N(C)C)nc1)C(C)C. The van der Waals surface area contributed by atoms with Gasteiger partial charge in [-0.1, -0.05) is 20.8 Å². The Morgan fingerprint density at radius 2 is 2.00 bits per heavy atom. The number of pyridine rings is 1. The van der Waals surface area contributed by atoms with Crippen LogP contribution in [0.15, 0.2) is 18.3 Å². The maximum absolute atomic E-state index is 4.39. The molecule has 0 aliphatic rings. The molecule has 1 rings (SSSR count). The van der Waals surface area contributed by atoms with Gasteiger partial charge in [0.05, 0.1) is 11.9 Å². The van der Waals surface area contributed by atoms with E-state index in [1.165, 1.54) is 0 Å². The predicted octanol–water partition coefficient (Wildman–Crippen LogP) is 2.99. The Bertz CT molecular complexity index is 303. The lowest BCUT2D eigenvalue weighted by atomic mass is 10.0. The van der Waals surface area contributed by atoms with Crippen molar-refractivity contribution in [3.05, 3.63) is 18.3 Å². The highest BCUT2D eigenvalue weighted by Crippen LogP contribution is 2.16. The number of rotatable bonds is 5. The first-order valence-electron chi connectivity index (χ1n) is 5.94. The number of hydrogen-bond donors (Lipinski definition) is 1. The summed E-state index contributed by atoms with van der Waals surface area (Å²) < 4.78 is 0. The smallest absolute Gasteiger partial charge is 0.128 e. The molecule has 1 aromatic rings. The van der Waals surface area contributed by atoms with Gasteiger partial charge in [0.1, 0.15) is 5.82 Å². The minimum atomic E-state index is 0.520. The Hall–Kier alpha value is -1.25. The lowest BCUT2D eigenvalue weighted by molar-refractivity contribution is 0.511. The second-order valence-corrected chi connectivity index (χ2v) is 4.70. The van der Waals surface area contributed by atoms with Crippen LogP contribution < -0.4 is 10.2 Å². The third-order valence-corrected chi connectivity index (χ3v) is 2.80. The summed E-state index contributed by atoms with van der Waals surface area (Å²) in [6.45, 7) is 6.69. The van der Waals surface area contributed by atoms with Gasteiger partial charge in [0.2, 0.25) is 0 Å². The summed E-state index contributed by atoms with van der Waals surface area (Å²) in [4.78, 5) is 6.39. The molecule has 0 saturated carbocycles. The average Bonchev–Trinajstić information content (AvgIpc) is 2.26. The number of nitrogens with one attached hydrogen (secondary N) is 1. The summed E-state index contributed by atoms with van der Waals surface area (Å²) in [5.74, 6) is 1.63. The Labute approximate surface area is 98.9 Å². The Balaban J connectivity index is 2.67. The molecule has 0 aliphatic carbocycles. The van der Waals surface area contributed by atoms with E-state index in [0.717, 1.165) is 17.9 Å². The molecule has 1 unspecified atom stereocenters. The molecule has 90 valence electrons. The van der Waals surface area contributed by atoms with E-state index in [9.17, 15) is 0 Å². The van der Waals surface area contributed by atoms with Crippen LogP contribution in [0, 0.1) is 5.92 Å². The fourth-order valence-electron chi connectivity index (χ4n) is 1.69. The monoisotopic (exact) mass is 221 g/mol. The van der Waals surface area contributed by atoms with Crippen molar-refractivity contribution in [2.24, 2.45) is 5.92 Å². The van der Waals surface area contributed by atoms with E-state index >= 15 is 0 Å². The zero-order chi connectivity index (χ0) is 12.1. The summed E-state index contributed by atoms with van der Waals surface area (Å²) in [5, 5.41) is 3.51. The number of aromatic nitrogens is 1. The topological polar surface area (TPSA) is 28.2 Å². The lowest BCUT2D eigenvalue weighted by Gasteiger charge is -2.22. The minimum Gasteiger partial charge on any atom is -0.381 e. The third kappa shape index (κ3) is 3.40. The third-order valence-electron chi connectivity index (χ3n) is 2.80. The minimum absolute atomic E-state index is 0.520. The normalized spacial score (nSPS) is 12.6. The lowest BCUT2D eigenvalue weighted by Crippen LogP contribution is -2.24. The van der Waals surface area contributed by atoms with Crippen molar-refractivity contribution in [3.63, 3.8) is 0 Å². The van der Waals surface area contributed by atoms with Crippen LogP contribution in [0.4, 0.5) is 11.5 Å². The van der Waals surface area contributed by atoms with E-state index < -0.39 is 0 Å². The summed E-state index contributed by atoms with van der Waals surface area (Å²) in [6.07, 6.45) is 3.04. The van der Waals surface area contributed by atoms with Crippen molar-refractivity contribution >= 4 is 11.5 Å². The largest absolute Gasteiger partial charge is 0.381 e. The van der Waals surface area contributed by atoms with Gasteiger partial charge >= 0.3 is 0 Å². The molecule has 0 fully saturated rings. The maximum atomic E-state index is 4.39. The van der Waals surface area contributed by atoms with E-state index in [-0.39, 0.29) is 0 Å². The van der Waals surface area contributed by atoms with Crippen LogP contribution in [-0.2, 0) is 0 Å². The zero-order valence-electron chi connectivity index (χ0n) is 11.0. The number of hydrogen-bond acceptors (Lipinski definition) is 3. The van der Waals surface area contributed by atoms with E-state index in [1.54, 1.807) is 0 Å². The molecule has 0 aliphatic heterocycles.